The van der Waals surface area contributed by atoms with Crippen molar-refractivity contribution in [3.8, 4) is 0 Å². The molecule has 6 heteroatoms. The van der Waals surface area contributed by atoms with E-state index < -0.39 is 36.4 Å². The predicted octanol–water partition coefficient (Wildman–Crippen LogP) is -1.52. The molecular weight excluding hydrogens is 226 g/mol. The zero-order valence-corrected chi connectivity index (χ0v) is 9.82. The van der Waals surface area contributed by atoms with Crippen LogP contribution in [0.3, 0.4) is 0 Å². The fourth-order valence-corrected chi connectivity index (χ4v) is 2.67. The van der Waals surface area contributed by atoms with Gasteiger partial charge in [-0.2, -0.15) is 0 Å². The van der Waals surface area contributed by atoms with Crippen molar-refractivity contribution in [3.05, 3.63) is 0 Å². The average molecular weight is 245 g/mol. The van der Waals surface area contributed by atoms with Crippen molar-refractivity contribution in [1.82, 2.24) is 4.90 Å². The third-order valence-corrected chi connectivity index (χ3v) is 3.57. The number of rotatable bonds is 2. The van der Waals surface area contributed by atoms with Crippen LogP contribution in [0.15, 0.2) is 0 Å². The van der Waals surface area contributed by atoms with E-state index in [1.165, 1.54) is 0 Å². The first kappa shape index (κ1) is 12.8. The summed E-state index contributed by atoms with van der Waals surface area (Å²) >= 11 is 0. The second-order valence-electron chi connectivity index (χ2n) is 4.71. The van der Waals surface area contributed by atoms with E-state index in [2.05, 4.69) is 0 Å². The van der Waals surface area contributed by atoms with Crippen LogP contribution < -0.4 is 0 Å². The Morgan fingerprint density at radius 2 is 2.06 bits per heavy atom. The normalized spacial score (nSPS) is 42.2. The molecular formula is C11H19NO5. The lowest BCUT2D eigenvalue weighted by atomic mass is 9.93. The highest BCUT2D eigenvalue weighted by Gasteiger charge is 2.49. The number of carbonyl (C=O) groups excluding carboxylic acids is 1. The van der Waals surface area contributed by atoms with Crippen molar-refractivity contribution in [2.45, 2.75) is 50.2 Å². The van der Waals surface area contributed by atoms with Crippen LogP contribution in [0.5, 0.6) is 0 Å². The Morgan fingerprint density at radius 3 is 2.71 bits per heavy atom. The molecule has 0 aromatic rings. The maximum atomic E-state index is 11.2. The summed E-state index contributed by atoms with van der Waals surface area (Å²) in [7, 11) is 0. The number of hydrogen-bond donors (Lipinski definition) is 3. The maximum absolute atomic E-state index is 11.2. The van der Waals surface area contributed by atoms with Crippen LogP contribution in [0.1, 0.15) is 19.8 Å². The van der Waals surface area contributed by atoms with E-state index in [4.69, 9.17) is 4.74 Å². The number of aliphatic hydroxyl groups is 3. The molecule has 2 saturated heterocycles. The van der Waals surface area contributed by atoms with E-state index >= 15 is 0 Å². The Bertz CT molecular complexity index is 298. The SMILES string of the molecule is CCC(=O)O[C@H]1[C@H](O)[C@H]2[C@@H](O)CCN2C[C@@H]1O. The molecule has 98 valence electrons. The topological polar surface area (TPSA) is 90.2 Å². The molecule has 0 saturated carbocycles. The number of carbonyl (C=O) groups is 1. The summed E-state index contributed by atoms with van der Waals surface area (Å²) in [4.78, 5) is 13.1. The van der Waals surface area contributed by atoms with Gasteiger partial charge in [-0.1, -0.05) is 6.92 Å². The third-order valence-electron chi connectivity index (χ3n) is 3.57. The van der Waals surface area contributed by atoms with Gasteiger partial charge in [0, 0.05) is 19.5 Å². The lowest BCUT2D eigenvalue weighted by Gasteiger charge is -2.42. The quantitative estimate of drug-likeness (QED) is 0.512. The largest absolute Gasteiger partial charge is 0.457 e. The number of piperidine rings is 1. The molecule has 2 heterocycles. The second-order valence-corrected chi connectivity index (χ2v) is 4.71. The van der Waals surface area contributed by atoms with E-state index in [1.54, 1.807) is 6.92 Å². The van der Waals surface area contributed by atoms with Crippen molar-refractivity contribution in [2.24, 2.45) is 0 Å². The highest BCUT2D eigenvalue weighted by molar-refractivity contribution is 5.69. The summed E-state index contributed by atoms with van der Waals surface area (Å²) < 4.78 is 5.04. The van der Waals surface area contributed by atoms with Gasteiger partial charge in [-0.05, 0) is 6.42 Å². The second kappa shape index (κ2) is 4.89. The van der Waals surface area contributed by atoms with Crippen molar-refractivity contribution in [3.63, 3.8) is 0 Å². The van der Waals surface area contributed by atoms with Gasteiger partial charge in [0.2, 0.25) is 0 Å². The Labute approximate surface area is 99.8 Å². The van der Waals surface area contributed by atoms with Gasteiger partial charge < -0.3 is 20.1 Å². The van der Waals surface area contributed by atoms with Gasteiger partial charge in [0.05, 0.1) is 12.1 Å². The van der Waals surface area contributed by atoms with Crippen molar-refractivity contribution >= 4 is 5.97 Å². The lowest BCUT2D eigenvalue weighted by Crippen LogP contribution is -2.62. The van der Waals surface area contributed by atoms with Crippen LogP contribution >= 0.6 is 0 Å². The minimum atomic E-state index is -1.04. The summed E-state index contributed by atoms with van der Waals surface area (Å²) in [6, 6.07) is -0.437. The number of aliphatic hydroxyl groups excluding tert-OH is 3. The molecule has 0 spiro atoms. The smallest absolute Gasteiger partial charge is 0.305 e. The fourth-order valence-electron chi connectivity index (χ4n) is 2.67. The molecule has 17 heavy (non-hydrogen) atoms. The zero-order chi connectivity index (χ0) is 12.6. The molecule has 0 radical (unpaired) electrons. The Kier molecular flexibility index (Phi) is 3.67. The molecule has 2 rings (SSSR count). The van der Waals surface area contributed by atoms with Gasteiger partial charge in [-0.15, -0.1) is 0 Å². The van der Waals surface area contributed by atoms with Gasteiger partial charge >= 0.3 is 5.97 Å². The minimum absolute atomic E-state index is 0.201. The Hall–Kier alpha value is -0.690. The highest BCUT2D eigenvalue weighted by Crippen LogP contribution is 2.29. The summed E-state index contributed by atoms with van der Waals surface area (Å²) in [6.07, 6.45) is -2.72. The molecule has 2 fully saturated rings. The van der Waals surface area contributed by atoms with E-state index in [0.717, 1.165) is 0 Å². The minimum Gasteiger partial charge on any atom is -0.457 e. The van der Waals surface area contributed by atoms with Crippen LogP contribution in [-0.2, 0) is 9.53 Å². The Morgan fingerprint density at radius 1 is 1.35 bits per heavy atom. The molecule has 6 nitrogen and oxygen atoms in total. The molecule has 0 aromatic heterocycles. The summed E-state index contributed by atoms with van der Waals surface area (Å²) in [5.41, 5.74) is 0. The standard InChI is InChI=1S/C11H19NO5/c1-2-8(15)17-11-7(14)5-12-4-3-6(13)9(12)10(11)16/h6-7,9-11,13-14,16H,2-5H2,1H3/t6-,7-,9+,10+,11+/m0/s1. The fraction of sp³-hybridized carbons (Fsp3) is 0.909. The van der Waals surface area contributed by atoms with Gasteiger partial charge in [-0.3, -0.25) is 9.69 Å². The first-order valence-corrected chi connectivity index (χ1v) is 6.02. The van der Waals surface area contributed by atoms with Gasteiger partial charge in [0.25, 0.3) is 0 Å². The average Bonchev–Trinajstić information content (AvgIpc) is 2.65. The monoisotopic (exact) mass is 245 g/mol. The van der Waals surface area contributed by atoms with Crippen LogP contribution in [-0.4, -0.2) is 69.7 Å². The molecule has 5 atom stereocenters. The molecule has 3 N–H and O–H groups in total. The highest BCUT2D eigenvalue weighted by atomic mass is 16.6. The summed E-state index contributed by atoms with van der Waals surface area (Å²) in [5.74, 6) is -0.450. The maximum Gasteiger partial charge on any atom is 0.305 e. The molecule has 0 bridgehead atoms. The number of fused-ring (bicyclic) bond motifs is 1. The zero-order valence-electron chi connectivity index (χ0n) is 9.82. The Balaban J connectivity index is 2.08. The van der Waals surface area contributed by atoms with Crippen molar-refractivity contribution in [2.75, 3.05) is 13.1 Å². The molecule has 0 aliphatic carbocycles. The molecule has 0 aromatic carbocycles. The molecule has 2 aliphatic heterocycles. The van der Waals surface area contributed by atoms with Crippen molar-refractivity contribution < 1.29 is 24.9 Å². The van der Waals surface area contributed by atoms with Crippen LogP contribution in [0.2, 0.25) is 0 Å². The van der Waals surface area contributed by atoms with Gasteiger partial charge in [-0.25, -0.2) is 0 Å². The van der Waals surface area contributed by atoms with Crippen LogP contribution in [0.4, 0.5) is 0 Å². The first-order valence-electron chi connectivity index (χ1n) is 6.02. The lowest BCUT2D eigenvalue weighted by molar-refractivity contribution is -0.184. The molecule has 2 aliphatic rings. The number of hydrogen-bond acceptors (Lipinski definition) is 6. The van der Waals surface area contributed by atoms with Crippen molar-refractivity contribution in [1.29, 1.82) is 0 Å². The predicted molar refractivity (Wildman–Crippen MR) is 58.2 cm³/mol. The number of nitrogens with zero attached hydrogens (tertiary/aromatic N) is 1. The van der Waals surface area contributed by atoms with Crippen LogP contribution in [0, 0.1) is 0 Å². The summed E-state index contributed by atoms with van der Waals surface area (Å²) in [5, 5.41) is 29.7. The number of ether oxygens (including phenoxy) is 1. The van der Waals surface area contributed by atoms with Gasteiger partial charge in [0.1, 0.15) is 12.2 Å². The van der Waals surface area contributed by atoms with Crippen LogP contribution in [0.25, 0.3) is 0 Å². The van der Waals surface area contributed by atoms with Gasteiger partial charge in [0.15, 0.2) is 6.10 Å². The van der Waals surface area contributed by atoms with E-state index in [1.807, 2.05) is 4.90 Å². The van der Waals surface area contributed by atoms with E-state index in [9.17, 15) is 20.1 Å². The molecule has 0 amide bonds. The van der Waals surface area contributed by atoms with E-state index in [-0.39, 0.29) is 6.42 Å². The third kappa shape index (κ3) is 2.30. The molecule has 0 unspecified atom stereocenters. The number of esters is 1. The first-order chi connectivity index (χ1) is 8.04. The van der Waals surface area contributed by atoms with E-state index in [0.29, 0.717) is 19.5 Å². The summed E-state index contributed by atoms with van der Waals surface area (Å²) in [6.45, 7) is 2.62.